The number of esters is 1. The normalized spacial score (nSPS) is 12.8. The van der Waals surface area contributed by atoms with Crippen molar-refractivity contribution in [1.82, 2.24) is 15.1 Å². The summed E-state index contributed by atoms with van der Waals surface area (Å²) in [6.45, 7) is 5.17. The van der Waals surface area contributed by atoms with E-state index in [1.807, 2.05) is 0 Å². The number of aromatic amines is 1. The molecule has 9 heteroatoms. The summed E-state index contributed by atoms with van der Waals surface area (Å²) in [7, 11) is -2.41. The van der Waals surface area contributed by atoms with Crippen molar-refractivity contribution in [3.05, 3.63) is 42.5 Å². The number of nitrogens with zero attached hydrogens (tertiary/aromatic N) is 1. The van der Waals surface area contributed by atoms with Crippen molar-refractivity contribution in [1.29, 1.82) is 0 Å². The second kappa shape index (κ2) is 36.3. The van der Waals surface area contributed by atoms with Crippen LogP contribution in [-0.2, 0) is 29.6 Å². The molecular weight excluding hydrogens is 669 g/mol. The number of aromatic nitrogens is 2. The van der Waals surface area contributed by atoms with Crippen LogP contribution in [0.3, 0.4) is 0 Å². The number of hydrogen-bond acceptors (Lipinski definition) is 6. The summed E-state index contributed by atoms with van der Waals surface area (Å²) < 4.78 is 30.7. The minimum atomic E-state index is -3.74. The number of unbranched alkanes of at least 4 members (excludes halogenated alkanes) is 24. The van der Waals surface area contributed by atoms with Gasteiger partial charge < -0.3 is 9.72 Å². The van der Waals surface area contributed by atoms with Crippen LogP contribution in [0.25, 0.3) is 0 Å². The van der Waals surface area contributed by atoms with Crippen molar-refractivity contribution in [2.75, 3.05) is 20.3 Å². The van der Waals surface area contributed by atoms with Crippen LogP contribution in [0.4, 0.5) is 0 Å². The molecule has 0 bridgehead atoms. The molecule has 2 N–H and O–H groups in total. The molecule has 0 aliphatic heterocycles. The van der Waals surface area contributed by atoms with E-state index >= 15 is 0 Å². The Morgan fingerprint density at radius 1 is 0.654 bits per heavy atom. The van der Waals surface area contributed by atoms with Crippen LogP contribution in [0.1, 0.15) is 199 Å². The van der Waals surface area contributed by atoms with Crippen LogP contribution < -0.4 is 5.09 Å². The predicted molar refractivity (Wildman–Crippen MR) is 220 cm³/mol. The number of rotatable bonds is 39. The number of ether oxygens (including phenoxy) is 1. The van der Waals surface area contributed by atoms with Gasteiger partial charge in [-0.2, -0.15) is 0 Å². The van der Waals surface area contributed by atoms with Gasteiger partial charge in [-0.1, -0.05) is 154 Å². The largest absolute Gasteiger partial charge is 0.468 e. The van der Waals surface area contributed by atoms with E-state index < -0.39 is 19.8 Å². The second-order valence-corrected chi connectivity index (χ2v) is 16.3. The Hall–Kier alpha value is -1.73. The van der Waals surface area contributed by atoms with Gasteiger partial charge >= 0.3 is 13.7 Å². The fourth-order valence-corrected chi connectivity index (χ4v) is 7.85. The maximum absolute atomic E-state index is 13.9. The van der Waals surface area contributed by atoms with Gasteiger partial charge in [-0.3, -0.25) is 13.8 Å². The number of allylic oxidation sites excluding steroid dienone is 4. The number of nitrogens with one attached hydrogen (secondary N) is 2. The number of methoxy groups -OCH3 is 1. The summed E-state index contributed by atoms with van der Waals surface area (Å²) in [5.74, 6) is -0.517. The average molecular weight is 750 g/mol. The Morgan fingerprint density at radius 2 is 1.04 bits per heavy atom. The van der Waals surface area contributed by atoms with E-state index in [1.54, 1.807) is 12.5 Å². The lowest BCUT2D eigenvalue weighted by atomic mass is 10.1. The Balaban J connectivity index is 2.31. The first kappa shape index (κ1) is 48.3. The molecule has 1 heterocycles. The van der Waals surface area contributed by atoms with E-state index in [1.165, 1.54) is 148 Å². The summed E-state index contributed by atoms with van der Waals surface area (Å²) in [6.07, 6.45) is 47.1. The molecular formula is C43H80N3O5P. The molecule has 0 aliphatic rings. The van der Waals surface area contributed by atoms with E-state index in [0.717, 1.165) is 44.2 Å². The second-order valence-electron chi connectivity index (χ2n) is 14.5. The van der Waals surface area contributed by atoms with Gasteiger partial charge in [0.05, 0.1) is 26.7 Å². The minimum absolute atomic E-state index is 0.242. The molecule has 0 spiro atoms. The SMILES string of the molecule is CCCCCCCC/C=C\CCCCCCCCOP(=O)(N[C@@H](Cc1cnc[nH]1)C(=O)OC)OCCCCCCCC/C=C\CCCCCCCC. The number of imidazole rings is 1. The lowest BCUT2D eigenvalue weighted by molar-refractivity contribution is -0.142. The number of carbonyl (C=O) groups excluding carboxylic acids is 1. The van der Waals surface area contributed by atoms with Crippen LogP contribution in [0.5, 0.6) is 0 Å². The van der Waals surface area contributed by atoms with Crippen molar-refractivity contribution in [2.45, 2.75) is 206 Å². The van der Waals surface area contributed by atoms with Crippen LogP contribution in [-0.4, -0.2) is 42.3 Å². The fourth-order valence-electron chi connectivity index (χ4n) is 6.31. The van der Waals surface area contributed by atoms with Gasteiger partial charge in [0.1, 0.15) is 6.04 Å². The third kappa shape index (κ3) is 29.7. The molecule has 0 radical (unpaired) electrons. The van der Waals surface area contributed by atoms with Crippen molar-refractivity contribution < 1.29 is 23.1 Å². The average Bonchev–Trinajstić information content (AvgIpc) is 3.67. The first-order valence-corrected chi connectivity index (χ1v) is 23.1. The predicted octanol–water partition coefficient (Wildman–Crippen LogP) is 13.3. The first-order valence-electron chi connectivity index (χ1n) is 21.6. The first-order chi connectivity index (χ1) is 25.5. The summed E-state index contributed by atoms with van der Waals surface area (Å²) in [5, 5.41) is 2.90. The highest BCUT2D eigenvalue weighted by Gasteiger charge is 2.33. The van der Waals surface area contributed by atoms with Gasteiger partial charge in [0.25, 0.3) is 0 Å². The van der Waals surface area contributed by atoms with E-state index in [0.29, 0.717) is 13.2 Å². The molecule has 1 aromatic heterocycles. The Bertz CT molecular complexity index is 968. The topological polar surface area (TPSA) is 103 Å². The van der Waals surface area contributed by atoms with E-state index in [2.05, 4.69) is 53.2 Å². The summed E-state index contributed by atoms with van der Waals surface area (Å²) in [6, 6.07) is -0.879. The quantitative estimate of drug-likeness (QED) is 0.0299. The lowest BCUT2D eigenvalue weighted by Gasteiger charge is -2.24. The van der Waals surface area contributed by atoms with E-state index in [-0.39, 0.29) is 6.42 Å². The van der Waals surface area contributed by atoms with Gasteiger partial charge in [0, 0.05) is 18.3 Å². The van der Waals surface area contributed by atoms with Crippen LogP contribution in [0.2, 0.25) is 0 Å². The third-order valence-corrected chi connectivity index (χ3v) is 11.3. The molecule has 0 aromatic carbocycles. The summed E-state index contributed by atoms with van der Waals surface area (Å²) in [4.78, 5) is 19.7. The van der Waals surface area contributed by atoms with Gasteiger partial charge in [-0.15, -0.1) is 0 Å². The van der Waals surface area contributed by atoms with Gasteiger partial charge in [-0.25, -0.2) is 14.6 Å². The van der Waals surface area contributed by atoms with Crippen LogP contribution >= 0.6 is 7.75 Å². The standard InChI is InChI=1S/C43H80N3O5P/c1-4-6-8-10-12-14-16-18-20-22-24-26-28-30-32-34-36-50-52(48,46-42(43(47)49-3)38-41-39-44-40-45-41)51-37-35-33-31-29-27-25-23-21-19-17-15-13-11-9-7-5-2/h18-21,39-40,42H,4-17,22-38H2,1-3H3,(H,44,45)(H,46,48)/b20-18-,21-19-/t42-/m0/s1. The number of H-pyrrole nitrogens is 1. The molecule has 0 unspecified atom stereocenters. The molecule has 302 valence electrons. The van der Waals surface area contributed by atoms with Gasteiger partial charge in [0.15, 0.2) is 0 Å². The van der Waals surface area contributed by atoms with E-state index in [9.17, 15) is 9.36 Å². The smallest absolute Gasteiger partial charge is 0.406 e. The Morgan fingerprint density at radius 3 is 1.40 bits per heavy atom. The molecule has 0 amide bonds. The maximum Gasteiger partial charge on any atom is 0.406 e. The monoisotopic (exact) mass is 750 g/mol. The molecule has 0 fully saturated rings. The molecule has 1 aromatic rings. The molecule has 52 heavy (non-hydrogen) atoms. The van der Waals surface area contributed by atoms with Gasteiger partial charge in [-0.05, 0) is 64.2 Å². The third-order valence-electron chi connectivity index (χ3n) is 9.61. The summed E-state index contributed by atoms with van der Waals surface area (Å²) >= 11 is 0. The number of carbonyl (C=O) groups is 1. The van der Waals surface area contributed by atoms with Gasteiger partial charge in [0.2, 0.25) is 0 Å². The zero-order valence-electron chi connectivity index (χ0n) is 33.9. The maximum atomic E-state index is 13.9. The molecule has 1 rings (SSSR count). The van der Waals surface area contributed by atoms with Crippen molar-refractivity contribution in [3.63, 3.8) is 0 Å². The molecule has 0 saturated carbocycles. The van der Waals surface area contributed by atoms with Crippen molar-refractivity contribution >= 4 is 13.7 Å². The van der Waals surface area contributed by atoms with Crippen LogP contribution in [0.15, 0.2) is 36.8 Å². The molecule has 0 aliphatic carbocycles. The molecule has 8 nitrogen and oxygen atoms in total. The summed E-state index contributed by atoms with van der Waals surface area (Å²) in [5.41, 5.74) is 0.732. The minimum Gasteiger partial charge on any atom is -0.468 e. The fraction of sp³-hybridized carbons (Fsp3) is 0.814. The van der Waals surface area contributed by atoms with Crippen molar-refractivity contribution in [2.24, 2.45) is 0 Å². The molecule has 0 saturated heterocycles. The Labute approximate surface area is 320 Å². The van der Waals surface area contributed by atoms with Crippen molar-refractivity contribution in [3.8, 4) is 0 Å². The van der Waals surface area contributed by atoms with E-state index in [4.69, 9.17) is 13.8 Å². The van der Waals surface area contributed by atoms with Crippen LogP contribution in [0, 0.1) is 0 Å². The highest BCUT2D eigenvalue weighted by Crippen LogP contribution is 2.45. The lowest BCUT2D eigenvalue weighted by Crippen LogP contribution is -2.38. The highest BCUT2D eigenvalue weighted by atomic mass is 31.2. The zero-order chi connectivity index (χ0) is 37.6. The zero-order valence-corrected chi connectivity index (χ0v) is 34.8. The molecule has 1 atom stereocenters. The number of hydrogen-bond donors (Lipinski definition) is 2. The Kier molecular flexibility index (Phi) is 33.7. The highest BCUT2D eigenvalue weighted by molar-refractivity contribution is 7.51.